The Balaban J connectivity index is 3.39. The summed E-state index contributed by atoms with van der Waals surface area (Å²) in [5.41, 5.74) is -2.63. The number of carbonyl (C=O) groups excluding carboxylic acids is 1. The highest BCUT2D eigenvalue weighted by Crippen LogP contribution is 2.32. The molecule has 0 amide bonds. The number of nitrogens with zero attached hydrogens (tertiary/aromatic N) is 2. The van der Waals surface area contributed by atoms with Crippen LogP contribution in [0.25, 0.3) is 0 Å². The van der Waals surface area contributed by atoms with E-state index in [1.807, 2.05) is 0 Å². The number of ether oxygens (including phenoxy) is 2. The number of hydrogen-bond donors (Lipinski definition) is 0. The van der Waals surface area contributed by atoms with Crippen molar-refractivity contribution in [1.82, 2.24) is 4.98 Å². The van der Waals surface area contributed by atoms with Gasteiger partial charge >= 0.3 is 18.0 Å². The standard InChI is InChI=1S/C8H4F4N2O5/c1-18-7(15)5-6(14(16)17)4(9)3(2-13-5)19-8(10,11)12/h2H,1H3. The van der Waals surface area contributed by atoms with Crippen molar-refractivity contribution in [2.75, 3.05) is 7.11 Å². The van der Waals surface area contributed by atoms with Gasteiger partial charge < -0.3 is 9.47 Å². The first-order chi connectivity index (χ1) is 8.67. The van der Waals surface area contributed by atoms with Crippen molar-refractivity contribution < 1.29 is 36.8 Å². The van der Waals surface area contributed by atoms with Crippen molar-refractivity contribution in [2.45, 2.75) is 6.36 Å². The van der Waals surface area contributed by atoms with E-state index >= 15 is 0 Å². The Bertz CT molecular complexity index is 531. The molecule has 0 atom stereocenters. The van der Waals surface area contributed by atoms with E-state index in [0.717, 1.165) is 7.11 Å². The van der Waals surface area contributed by atoms with Crippen LogP contribution in [0.1, 0.15) is 10.5 Å². The van der Waals surface area contributed by atoms with Gasteiger partial charge in [-0.05, 0) is 0 Å². The summed E-state index contributed by atoms with van der Waals surface area (Å²) in [4.78, 5) is 23.3. The summed E-state index contributed by atoms with van der Waals surface area (Å²) in [5.74, 6) is -4.87. The van der Waals surface area contributed by atoms with E-state index < -0.39 is 40.2 Å². The number of carbonyl (C=O) groups is 1. The molecule has 0 aliphatic rings. The number of esters is 1. The van der Waals surface area contributed by atoms with Crippen LogP contribution in [0, 0.1) is 15.9 Å². The zero-order valence-corrected chi connectivity index (χ0v) is 9.02. The monoisotopic (exact) mass is 284 g/mol. The van der Waals surface area contributed by atoms with Crippen LogP contribution in [0.3, 0.4) is 0 Å². The summed E-state index contributed by atoms with van der Waals surface area (Å²) in [6.45, 7) is 0. The Morgan fingerprint density at radius 3 is 2.47 bits per heavy atom. The predicted molar refractivity (Wildman–Crippen MR) is 48.9 cm³/mol. The molecule has 1 rings (SSSR count). The maximum absolute atomic E-state index is 13.5. The Morgan fingerprint density at radius 2 is 2.05 bits per heavy atom. The smallest absolute Gasteiger partial charge is 0.464 e. The van der Waals surface area contributed by atoms with Crippen LogP contribution in [0.15, 0.2) is 6.20 Å². The molecule has 0 unspecified atom stereocenters. The van der Waals surface area contributed by atoms with Crippen LogP contribution in [0.2, 0.25) is 0 Å². The average molecular weight is 284 g/mol. The number of rotatable bonds is 3. The molecule has 0 saturated carbocycles. The minimum Gasteiger partial charge on any atom is -0.464 e. The van der Waals surface area contributed by atoms with Gasteiger partial charge in [-0.3, -0.25) is 10.1 Å². The molecule has 104 valence electrons. The summed E-state index contributed by atoms with van der Waals surface area (Å²) in [5, 5.41) is 10.6. The van der Waals surface area contributed by atoms with Crippen LogP contribution in [0.4, 0.5) is 23.2 Å². The number of nitro groups is 1. The van der Waals surface area contributed by atoms with Crippen LogP contribution in [-0.4, -0.2) is 29.3 Å². The molecule has 19 heavy (non-hydrogen) atoms. The lowest BCUT2D eigenvalue weighted by molar-refractivity contribution is -0.388. The van der Waals surface area contributed by atoms with E-state index in [4.69, 9.17) is 0 Å². The third kappa shape index (κ3) is 3.26. The molecule has 7 nitrogen and oxygen atoms in total. The highest BCUT2D eigenvalue weighted by Gasteiger charge is 2.37. The van der Waals surface area contributed by atoms with Gasteiger partial charge in [0.1, 0.15) is 0 Å². The van der Waals surface area contributed by atoms with E-state index in [0.29, 0.717) is 0 Å². The zero-order valence-electron chi connectivity index (χ0n) is 9.02. The van der Waals surface area contributed by atoms with E-state index in [9.17, 15) is 32.5 Å². The van der Waals surface area contributed by atoms with Crippen LogP contribution < -0.4 is 4.74 Å². The molecule has 0 aromatic carbocycles. The molecule has 0 saturated heterocycles. The topological polar surface area (TPSA) is 91.6 Å². The number of hydrogen-bond acceptors (Lipinski definition) is 6. The molecule has 0 aliphatic heterocycles. The van der Waals surface area contributed by atoms with Gasteiger partial charge in [-0.1, -0.05) is 0 Å². The molecule has 0 spiro atoms. The summed E-state index contributed by atoms with van der Waals surface area (Å²) in [7, 11) is 0.839. The molecule has 0 bridgehead atoms. The fraction of sp³-hybridized carbons (Fsp3) is 0.250. The second-order valence-corrected chi connectivity index (χ2v) is 2.93. The van der Waals surface area contributed by atoms with E-state index in [-0.39, 0.29) is 6.20 Å². The Morgan fingerprint density at radius 1 is 1.47 bits per heavy atom. The molecule has 0 fully saturated rings. The maximum atomic E-state index is 13.5. The van der Waals surface area contributed by atoms with Crippen molar-refractivity contribution in [3.8, 4) is 5.75 Å². The Labute approximate surface area is 101 Å². The SMILES string of the molecule is COC(=O)c1ncc(OC(F)(F)F)c(F)c1[N+](=O)[O-]. The summed E-state index contributed by atoms with van der Waals surface area (Å²) in [6, 6.07) is 0. The predicted octanol–water partition coefficient (Wildman–Crippen LogP) is 1.81. The van der Waals surface area contributed by atoms with Gasteiger partial charge in [0, 0.05) is 0 Å². The van der Waals surface area contributed by atoms with Crippen molar-refractivity contribution in [3.63, 3.8) is 0 Å². The molecule has 0 aliphatic carbocycles. The molecule has 0 radical (unpaired) electrons. The summed E-state index contributed by atoms with van der Waals surface area (Å²) < 4.78 is 56.5. The molecule has 0 N–H and O–H groups in total. The second kappa shape index (κ2) is 5.04. The lowest BCUT2D eigenvalue weighted by Crippen LogP contribution is -2.19. The number of alkyl halides is 3. The lowest BCUT2D eigenvalue weighted by atomic mass is 10.2. The lowest BCUT2D eigenvalue weighted by Gasteiger charge is -2.10. The maximum Gasteiger partial charge on any atom is 0.573 e. The van der Waals surface area contributed by atoms with Crippen molar-refractivity contribution >= 4 is 11.7 Å². The third-order valence-electron chi connectivity index (χ3n) is 1.75. The molecular formula is C8H4F4N2O5. The van der Waals surface area contributed by atoms with Gasteiger partial charge in [-0.25, -0.2) is 9.78 Å². The number of pyridine rings is 1. The molecular weight excluding hydrogens is 280 g/mol. The van der Waals surface area contributed by atoms with Crippen LogP contribution in [0.5, 0.6) is 5.75 Å². The first kappa shape index (κ1) is 14.6. The fourth-order valence-electron chi connectivity index (χ4n) is 1.07. The van der Waals surface area contributed by atoms with E-state index in [2.05, 4.69) is 14.5 Å². The van der Waals surface area contributed by atoms with E-state index in [1.165, 1.54) is 0 Å². The molecule has 1 heterocycles. The molecule has 11 heteroatoms. The summed E-state index contributed by atoms with van der Waals surface area (Å²) >= 11 is 0. The van der Waals surface area contributed by atoms with Gasteiger partial charge in [0.2, 0.25) is 11.5 Å². The second-order valence-electron chi connectivity index (χ2n) is 2.93. The van der Waals surface area contributed by atoms with Crippen molar-refractivity contribution in [1.29, 1.82) is 0 Å². The third-order valence-corrected chi connectivity index (χ3v) is 1.75. The normalized spacial score (nSPS) is 11.0. The summed E-state index contributed by atoms with van der Waals surface area (Å²) in [6.07, 6.45) is -5.06. The molecule has 1 aromatic heterocycles. The van der Waals surface area contributed by atoms with Gasteiger partial charge in [-0.2, -0.15) is 4.39 Å². The fourth-order valence-corrected chi connectivity index (χ4v) is 1.07. The van der Waals surface area contributed by atoms with Gasteiger partial charge in [0.25, 0.3) is 0 Å². The van der Waals surface area contributed by atoms with Crippen LogP contribution in [-0.2, 0) is 4.74 Å². The van der Waals surface area contributed by atoms with E-state index in [1.54, 1.807) is 0 Å². The highest BCUT2D eigenvalue weighted by atomic mass is 19.4. The first-order valence-electron chi connectivity index (χ1n) is 4.34. The van der Waals surface area contributed by atoms with Crippen molar-refractivity contribution in [3.05, 3.63) is 27.8 Å². The number of aromatic nitrogens is 1. The quantitative estimate of drug-likeness (QED) is 0.364. The zero-order chi connectivity index (χ0) is 14.8. The van der Waals surface area contributed by atoms with Crippen molar-refractivity contribution in [2.24, 2.45) is 0 Å². The Hall–Kier alpha value is -2.46. The minimum absolute atomic E-state index is 0.197. The first-order valence-corrected chi connectivity index (χ1v) is 4.34. The minimum atomic E-state index is -5.26. The average Bonchev–Trinajstić information content (AvgIpc) is 2.28. The van der Waals surface area contributed by atoms with Crippen LogP contribution >= 0.6 is 0 Å². The highest BCUT2D eigenvalue weighted by molar-refractivity contribution is 5.91. The number of methoxy groups -OCH3 is 1. The Kier molecular flexibility index (Phi) is 3.87. The van der Waals surface area contributed by atoms with Gasteiger partial charge in [-0.15, -0.1) is 13.2 Å². The van der Waals surface area contributed by atoms with Gasteiger partial charge in [0.05, 0.1) is 18.2 Å². The molecule has 1 aromatic rings. The number of halogens is 4. The largest absolute Gasteiger partial charge is 0.573 e. The van der Waals surface area contributed by atoms with Gasteiger partial charge in [0.15, 0.2) is 5.75 Å².